The first-order chi connectivity index (χ1) is 9.33. The smallest absolute Gasteiger partial charge is 0.248 e. The minimum absolute atomic E-state index is 0.185. The third-order valence-corrected chi connectivity index (χ3v) is 4.67. The van der Waals surface area contributed by atoms with Gasteiger partial charge in [0.1, 0.15) is 6.61 Å². The molecular formula is C14H25N3O2. The zero-order chi connectivity index (χ0) is 13.1. The van der Waals surface area contributed by atoms with Crippen LogP contribution in [0.1, 0.15) is 25.7 Å². The van der Waals surface area contributed by atoms with Gasteiger partial charge in [0, 0.05) is 25.7 Å². The van der Waals surface area contributed by atoms with E-state index >= 15 is 0 Å². The molecule has 3 aliphatic rings. The number of piperazine rings is 1. The summed E-state index contributed by atoms with van der Waals surface area (Å²) in [7, 11) is 0. The van der Waals surface area contributed by atoms with Crippen LogP contribution >= 0.6 is 0 Å². The number of fused-ring (bicyclic) bond motifs is 1. The lowest BCUT2D eigenvalue weighted by atomic mass is 10.1. The molecule has 3 rings (SSSR count). The highest BCUT2D eigenvalue weighted by Crippen LogP contribution is 2.21. The SMILES string of the molecule is O=C(COC1CCNCC1)N1CCN2CCCC2C1. The fraction of sp³-hybridized carbons (Fsp3) is 0.929. The Labute approximate surface area is 115 Å². The van der Waals surface area contributed by atoms with Crippen LogP contribution in [0.5, 0.6) is 0 Å². The molecule has 0 aromatic heterocycles. The van der Waals surface area contributed by atoms with Crippen molar-refractivity contribution in [2.45, 2.75) is 37.8 Å². The normalized spacial score (nSPS) is 29.5. The van der Waals surface area contributed by atoms with Crippen LogP contribution in [0, 0.1) is 0 Å². The van der Waals surface area contributed by atoms with Gasteiger partial charge in [0.25, 0.3) is 0 Å². The first-order valence-corrected chi connectivity index (χ1v) is 7.67. The Balaban J connectivity index is 1.42. The molecule has 1 unspecified atom stereocenters. The van der Waals surface area contributed by atoms with Gasteiger partial charge in [0.2, 0.25) is 5.91 Å². The Morgan fingerprint density at radius 3 is 2.84 bits per heavy atom. The van der Waals surface area contributed by atoms with E-state index in [1.165, 1.54) is 19.4 Å². The summed E-state index contributed by atoms with van der Waals surface area (Å²) in [4.78, 5) is 16.7. The summed E-state index contributed by atoms with van der Waals surface area (Å²) in [6.07, 6.45) is 4.88. The predicted octanol–water partition coefficient (Wildman–Crippen LogP) is 0.0616. The minimum Gasteiger partial charge on any atom is -0.368 e. The quantitative estimate of drug-likeness (QED) is 0.785. The van der Waals surface area contributed by atoms with Crippen molar-refractivity contribution in [3.8, 4) is 0 Å². The maximum absolute atomic E-state index is 12.2. The van der Waals surface area contributed by atoms with Crippen molar-refractivity contribution in [2.75, 3.05) is 45.9 Å². The summed E-state index contributed by atoms with van der Waals surface area (Å²) in [5, 5.41) is 3.31. The lowest BCUT2D eigenvalue weighted by Crippen LogP contribution is -2.53. The van der Waals surface area contributed by atoms with Crippen molar-refractivity contribution in [2.24, 2.45) is 0 Å². The number of carbonyl (C=O) groups excluding carboxylic acids is 1. The number of hydrogen-bond donors (Lipinski definition) is 1. The molecule has 0 saturated carbocycles. The summed E-state index contributed by atoms with van der Waals surface area (Å²) in [6.45, 7) is 6.36. The summed E-state index contributed by atoms with van der Waals surface area (Å²) < 4.78 is 5.76. The molecule has 0 aromatic rings. The Bertz CT molecular complexity index is 318. The van der Waals surface area contributed by atoms with Crippen molar-refractivity contribution in [1.29, 1.82) is 0 Å². The Morgan fingerprint density at radius 2 is 2.00 bits per heavy atom. The largest absolute Gasteiger partial charge is 0.368 e. The first kappa shape index (κ1) is 13.3. The molecular weight excluding hydrogens is 242 g/mol. The number of nitrogens with zero attached hydrogens (tertiary/aromatic N) is 2. The molecule has 5 heteroatoms. The zero-order valence-electron chi connectivity index (χ0n) is 11.6. The van der Waals surface area contributed by atoms with Crippen molar-refractivity contribution in [1.82, 2.24) is 15.1 Å². The maximum Gasteiger partial charge on any atom is 0.248 e. The van der Waals surface area contributed by atoms with Crippen molar-refractivity contribution < 1.29 is 9.53 Å². The Kier molecular flexibility index (Phi) is 4.35. The standard InChI is InChI=1S/C14H25N3O2/c18-14(11-19-13-3-5-15-6-4-13)17-9-8-16-7-1-2-12(16)10-17/h12-13,15H,1-11H2. The summed E-state index contributed by atoms with van der Waals surface area (Å²) in [5.41, 5.74) is 0. The van der Waals surface area contributed by atoms with E-state index in [-0.39, 0.29) is 18.6 Å². The van der Waals surface area contributed by atoms with E-state index in [4.69, 9.17) is 4.74 Å². The molecule has 108 valence electrons. The van der Waals surface area contributed by atoms with Gasteiger partial charge in [-0.3, -0.25) is 9.69 Å². The van der Waals surface area contributed by atoms with E-state index in [9.17, 15) is 4.79 Å². The fourth-order valence-corrected chi connectivity index (χ4v) is 3.46. The van der Waals surface area contributed by atoms with Crippen molar-refractivity contribution in [3.63, 3.8) is 0 Å². The van der Waals surface area contributed by atoms with Crippen LogP contribution < -0.4 is 5.32 Å². The Hall–Kier alpha value is -0.650. The number of ether oxygens (including phenoxy) is 1. The van der Waals surface area contributed by atoms with Gasteiger partial charge in [-0.25, -0.2) is 0 Å². The van der Waals surface area contributed by atoms with Gasteiger partial charge in [0.15, 0.2) is 0 Å². The third kappa shape index (κ3) is 3.27. The van der Waals surface area contributed by atoms with E-state index in [0.717, 1.165) is 45.6 Å². The Morgan fingerprint density at radius 1 is 1.16 bits per heavy atom. The van der Waals surface area contributed by atoms with E-state index in [2.05, 4.69) is 10.2 Å². The van der Waals surface area contributed by atoms with E-state index < -0.39 is 0 Å². The molecule has 3 saturated heterocycles. The van der Waals surface area contributed by atoms with Crippen LogP contribution in [-0.4, -0.2) is 73.7 Å². The summed E-state index contributed by atoms with van der Waals surface area (Å²) >= 11 is 0. The lowest BCUT2D eigenvalue weighted by Gasteiger charge is -2.37. The number of hydrogen-bond acceptors (Lipinski definition) is 4. The molecule has 1 N–H and O–H groups in total. The van der Waals surface area contributed by atoms with E-state index in [0.29, 0.717) is 6.04 Å². The number of piperidine rings is 1. The van der Waals surface area contributed by atoms with Crippen LogP contribution in [0.4, 0.5) is 0 Å². The van der Waals surface area contributed by atoms with Crippen LogP contribution in [0.15, 0.2) is 0 Å². The van der Waals surface area contributed by atoms with Gasteiger partial charge < -0.3 is 15.0 Å². The zero-order valence-corrected chi connectivity index (χ0v) is 11.6. The molecule has 1 amide bonds. The average molecular weight is 267 g/mol. The molecule has 3 aliphatic heterocycles. The topological polar surface area (TPSA) is 44.8 Å². The number of rotatable bonds is 3. The highest BCUT2D eigenvalue weighted by Gasteiger charge is 2.32. The molecule has 19 heavy (non-hydrogen) atoms. The molecule has 0 radical (unpaired) electrons. The highest BCUT2D eigenvalue weighted by molar-refractivity contribution is 5.77. The summed E-state index contributed by atoms with van der Waals surface area (Å²) in [6, 6.07) is 0.608. The molecule has 1 atom stereocenters. The van der Waals surface area contributed by atoms with E-state index in [1.54, 1.807) is 0 Å². The fourth-order valence-electron chi connectivity index (χ4n) is 3.46. The number of carbonyl (C=O) groups is 1. The number of nitrogens with one attached hydrogen (secondary N) is 1. The third-order valence-electron chi connectivity index (χ3n) is 4.67. The highest BCUT2D eigenvalue weighted by atomic mass is 16.5. The summed E-state index contributed by atoms with van der Waals surface area (Å²) in [5.74, 6) is 0.185. The van der Waals surface area contributed by atoms with Gasteiger partial charge in [-0.15, -0.1) is 0 Å². The van der Waals surface area contributed by atoms with Crippen LogP contribution in [-0.2, 0) is 9.53 Å². The van der Waals surface area contributed by atoms with Gasteiger partial charge >= 0.3 is 0 Å². The molecule has 0 aliphatic carbocycles. The molecule has 0 spiro atoms. The second-order valence-corrected chi connectivity index (χ2v) is 5.93. The molecule has 3 fully saturated rings. The second kappa shape index (κ2) is 6.20. The van der Waals surface area contributed by atoms with E-state index in [1.807, 2.05) is 4.90 Å². The molecule has 5 nitrogen and oxygen atoms in total. The van der Waals surface area contributed by atoms with Crippen molar-refractivity contribution in [3.05, 3.63) is 0 Å². The van der Waals surface area contributed by atoms with Crippen molar-refractivity contribution >= 4 is 5.91 Å². The second-order valence-electron chi connectivity index (χ2n) is 5.93. The first-order valence-electron chi connectivity index (χ1n) is 7.67. The molecule has 0 bridgehead atoms. The van der Waals surface area contributed by atoms with Gasteiger partial charge in [0.05, 0.1) is 6.10 Å². The molecule has 0 aromatic carbocycles. The molecule has 3 heterocycles. The monoisotopic (exact) mass is 267 g/mol. The lowest BCUT2D eigenvalue weighted by molar-refractivity contribution is -0.141. The van der Waals surface area contributed by atoms with Gasteiger partial charge in [-0.1, -0.05) is 0 Å². The van der Waals surface area contributed by atoms with Gasteiger partial charge in [-0.05, 0) is 45.3 Å². The van der Waals surface area contributed by atoms with Crippen LogP contribution in [0.25, 0.3) is 0 Å². The van der Waals surface area contributed by atoms with Gasteiger partial charge in [-0.2, -0.15) is 0 Å². The number of amides is 1. The average Bonchev–Trinajstić information content (AvgIpc) is 2.93. The van der Waals surface area contributed by atoms with Crippen LogP contribution in [0.3, 0.4) is 0 Å². The maximum atomic E-state index is 12.2. The van der Waals surface area contributed by atoms with Crippen LogP contribution in [0.2, 0.25) is 0 Å². The minimum atomic E-state index is 0.185. The predicted molar refractivity (Wildman–Crippen MR) is 73.0 cm³/mol.